The second-order valence-corrected chi connectivity index (χ2v) is 5.93. The van der Waals surface area contributed by atoms with Gasteiger partial charge in [0.05, 0.1) is 12.1 Å². The van der Waals surface area contributed by atoms with Crippen molar-refractivity contribution in [3.63, 3.8) is 0 Å². The summed E-state index contributed by atoms with van der Waals surface area (Å²) >= 11 is 5.99. The van der Waals surface area contributed by atoms with Crippen molar-refractivity contribution in [1.29, 1.82) is 0 Å². The minimum Gasteiger partial charge on any atom is -0.493 e. The number of halogens is 1. The molecule has 0 bridgehead atoms. The molecule has 1 aliphatic heterocycles. The van der Waals surface area contributed by atoms with Gasteiger partial charge in [0, 0.05) is 6.08 Å². The molecule has 1 aliphatic rings. The van der Waals surface area contributed by atoms with E-state index >= 15 is 0 Å². The Hall–Kier alpha value is -2.86. The molecule has 3 rings (SSSR count). The lowest BCUT2D eigenvalue weighted by atomic mass is 10.1. The highest BCUT2D eigenvalue weighted by Crippen LogP contribution is 2.40. The number of carbonyl (C=O) groups excluding carboxylic acids is 1. The normalized spacial score (nSPS) is 12.7. The maximum Gasteiger partial charge on any atom is 0.330 e. The van der Waals surface area contributed by atoms with E-state index in [9.17, 15) is 4.79 Å². The van der Waals surface area contributed by atoms with Gasteiger partial charge in [0.2, 0.25) is 5.75 Å². The van der Waals surface area contributed by atoms with Crippen LogP contribution in [-0.4, -0.2) is 39.5 Å². The molecule has 0 amide bonds. The minimum atomic E-state index is -0.480. The molecule has 0 atom stereocenters. The number of benzene rings is 2. The van der Waals surface area contributed by atoms with Gasteiger partial charge in [-0.05, 0) is 35.9 Å². The standard InChI is InChI=1S/C20H19ClO6/c1-23-17-12-14(13-18-20(17)27-11-9-25-18)6-7-19(22)26-10-8-24-16-5-3-2-4-15(16)21/h2-7,12-13H,8-11H2,1H3/b7-6+. The van der Waals surface area contributed by atoms with Crippen molar-refractivity contribution >= 4 is 23.6 Å². The molecule has 0 spiro atoms. The SMILES string of the molecule is COc1cc(/C=C/C(=O)OCCOc2ccccc2Cl)cc2c1OCCO2. The van der Waals surface area contributed by atoms with Gasteiger partial charge in [-0.15, -0.1) is 0 Å². The molecular formula is C20H19ClO6. The van der Waals surface area contributed by atoms with E-state index in [0.29, 0.717) is 41.2 Å². The summed E-state index contributed by atoms with van der Waals surface area (Å²) in [6, 6.07) is 10.6. The van der Waals surface area contributed by atoms with Gasteiger partial charge >= 0.3 is 5.97 Å². The van der Waals surface area contributed by atoms with Crippen LogP contribution in [0.15, 0.2) is 42.5 Å². The van der Waals surface area contributed by atoms with E-state index in [1.807, 2.05) is 12.1 Å². The summed E-state index contributed by atoms with van der Waals surface area (Å²) in [5.41, 5.74) is 0.736. The zero-order valence-corrected chi connectivity index (χ0v) is 15.5. The predicted molar refractivity (Wildman–Crippen MR) is 101 cm³/mol. The third-order valence-corrected chi connectivity index (χ3v) is 4.00. The maximum absolute atomic E-state index is 11.9. The Morgan fingerprint density at radius 3 is 2.78 bits per heavy atom. The van der Waals surface area contributed by atoms with E-state index in [0.717, 1.165) is 5.56 Å². The van der Waals surface area contributed by atoms with Crippen molar-refractivity contribution in [2.75, 3.05) is 33.5 Å². The van der Waals surface area contributed by atoms with E-state index in [1.165, 1.54) is 6.08 Å². The summed E-state index contributed by atoms with van der Waals surface area (Å²) in [5.74, 6) is 1.77. The van der Waals surface area contributed by atoms with Crippen LogP contribution < -0.4 is 18.9 Å². The fourth-order valence-electron chi connectivity index (χ4n) is 2.46. The smallest absolute Gasteiger partial charge is 0.330 e. The van der Waals surface area contributed by atoms with Crippen LogP contribution >= 0.6 is 11.6 Å². The van der Waals surface area contributed by atoms with Crippen molar-refractivity contribution in [1.82, 2.24) is 0 Å². The third kappa shape index (κ3) is 5.08. The molecule has 6 nitrogen and oxygen atoms in total. The Kier molecular flexibility index (Phi) is 6.44. The van der Waals surface area contributed by atoms with Crippen molar-refractivity contribution in [3.05, 3.63) is 53.1 Å². The average Bonchev–Trinajstić information content (AvgIpc) is 2.70. The summed E-state index contributed by atoms with van der Waals surface area (Å²) in [7, 11) is 1.55. The highest BCUT2D eigenvalue weighted by atomic mass is 35.5. The molecule has 0 aromatic heterocycles. The zero-order valence-electron chi connectivity index (χ0n) is 14.8. The van der Waals surface area contributed by atoms with E-state index in [4.69, 9.17) is 35.3 Å². The van der Waals surface area contributed by atoms with Crippen LogP contribution in [0.2, 0.25) is 5.02 Å². The highest BCUT2D eigenvalue weighted by molar-refractivity contribution is 6.32. The van der Waals surface area contributed by atoms with Gasteiger partial charge in [0.1, 0.15) is 32.2 Å². The molecule has 1 heterocycles. The first kappa shape index (κ1) is 18.9. The topological polar surface area (TPSA) is 63.2 Å². The van der Waals surface area contributed by atoms with Crippen LogP contribution in [0.25, 0.3) is 6.08 Å². The zero-order chi connectivity index (χ0) is 19.1. The van der Waals surface area contributed by atoms with Crippen LogP contribution in [0.3, 0.4) is 0 Å². The molecule has 0 unspecified atom stereocenters. The van der Waals surface area contributed by atoms with Crippen LogP contribution in [0.5, 0.6) is 23.0 Å². The van der Waals surface area contributed by atoms with Crippen LogP contribution in [-0.2, 0) is 9.53 Å². The Labute approximate surface area is 162 Å². The number of hydrogen-bond donors (Lipinski definition) is 0. The fourth-order valence-corrected chi connectivity index (χ4v) is 2.65. The first-order valence-corrected chi connectivity index (χ1v) is 8.75. The number of fused-ring (bicyclic) bond motifs is 1. The lowest BCUT2D eigenvalue weighted by Gasteiger charge is -2.20. The molecule has 0 N–H and O–H groups in total. The largest absolute Gasteiger partial charge is 0.493 e. The van der Waals surface area contributed by atoms with E-state index in [1.54, 1.807) is 37.5 Å². The van der Waals surface area contributed by atoms with E-state index in [-0.39, 0.29) is 13.2 Å². The predicted octanol–water partition coefficient (Wildman–Crippen LogP) is 3.76. The minimum absolute atomic E-state index is 0.110. The molecule has 27 heavy (non-hydrogen) atoms. The molecule has 0 saturated carbocycles. The fraction of sp³-hybridized carbons (Fsp3) is 0.250. The van der Waals surface area contributed by atoms with E-state index < -0.39 is 5.97 Å². The first-order valence-electron chi connectivity index (χ1n) is 8.37. The summed E-state index contributed by atoms with van der Waals surface area (Å²) in [6.07, 6.45) is 2.96. The van der Waals surface area contributed by atoms with Crippen molar-refractivity contribution in [2.24, 2.45) is 0 Å². The molecule has 0 saturated heterocycles. The van der Waals surface area contributed by atoms with Crippen LogP contribution in [0, 0.1) is 0 Å². The number of para-hydroxylation sites is 1. The van der Waals surface area contributed by atoms with Gasteiger partial charge in [-0.3, -0.25) is 0 Å². The van der Waals surface area contributed by atoms with Gasteiger partial charge in [0.25, 0.3) is 0 Å². The molecule has 0 radical (unpaired) electrons. The quantitative estimate of drug-likeness (QED) is 0.407. The Bertz CT molecular complexity index is 816. The second kappa shape index (κ2) is 9.19. The summed E-state index contributed by atoms with van der Waals surface area (Å²) < 4.78 is 27.0. The van der Waals surface area contributed by atoms with Crippen LogP contribution in [0.1, 0.15) is 5.56 Å². The van der Waals surface area contributed by atoms with E-state index in [2.05, 4.69) is 0 Å². The Morgan fingerprint density at radius 2 is 1.96 bits per heavy atom. The molecular weight excluding hydrogens is 372 g/mol. The number of methoxy groups -OCH3 is 1. The number of carbonyl (C=O) groups is 1. The Balaban J connectivity index is 1.52. The molecule has 2 aromatic rings. The number of ether oxygens (including phenoxy) is 5. The molecule has 142 valence electrons. The van der Waals surface area contributed by atoms with Gasteiger partial charge in [0.15, 0.2) is 11.5 Å². The van der Waals surface area contributed by atoms with Gasteiger partial charge in [-0.25, -0.2) is 4.79 Å². The van der Waals surface area contributed by atoms with Gasteiger partial charge < -0.3 is 23.7 Å². The van der Waals surface area contributed by atoms with Crippen molar-refractivity contribution in [2.45, 2.75) is 0 Å². The van der Waals surface area contributed by atoms with Crippen LogP contribution in [0.4, 0.5) is 0 Å². The highest BCUT2D eigenvalue weighted by Gasteiger charge is 2.17. The average molecular weight is 391 g/mol. The molecule has 2 aromatic carbocycles. The monoisotopic (exact) mass is 390 g/mol. The first-order chi connectivity index (χ1) is 13.2. The Morgan fingerprint density at radius 1 is 1.15 bits per heavy atom. The maximum atomic E-state index is 11.9. The number of rotatable bonds is 7. The summed E-state index contributed by atoms with van der Waals surface area (Å²) in [5, 5.41) is 0.510. The van der Waals surface area contributed by atoms with Crippen molar-refractivity contribution < 1.29 is 28.5 Å². The lowest BCUT2D eigenvalue weighted by Crippen LogP contribution is -2.16. The lowest BCUT2D eigenvalue weighted by molar-refractivity contribution is -0.138. The third-order valence-electron chi connectivity index (χ3n) is 3.68. The van der Waals surface area contributed by atoms with Gasteiger partial charge in [-0.1, -0.05) is 23.7 Å². The van der Waals surface area contributed by atoms with Crippen molar-refractivity contribution in [3.8, 4) is 23.0 Å². The molecule has 7 heteroatoms. The number of hydrogen-bond acceptors (Lipinski definition) is 6. The number of esters is 1. The van der Waals surface area contributed by atoms with Gasteiger partial charge in [-0.2, -0.15) is 0 Å². The summed E-state index contributed by atoms with van der Waals surface area (Å²) in [6.45, 7) is 1.26. The second-order valence-electron chi connectivity index (χ2n) is 5.53. The molecule has 0 fully saturated rings. The summed E-state index contributed by atoms with van der Waals surface area (Å²) in [4.78, 5) is 11.9. The molecule has 0 aliphatic carbocycles.